The van der Waals surface area contributed by atoms with Crippen molar-refractivity contribution in [2.75, 3.05) is 6.61 Å². The number of aromatic nitrogens is 1. The molecule has 1 aromatic carbocycles. The number of nitriles is 1. The van der Waals surface area contributed by atoms with Gasteiger partial charge >= 0.3 is 5.97 Å². The molecule has 0 aliphatic heterocycles. The van der Waals surface area contributed by atoms with E-state index in [4.69, 9.17) is 15.1 Å². The van der Waals surface area contributed by atoms with Crippen LogP contribution >= 0.6 is 0 Å². The third-order valence-corrected chi connectivity index (χ3v) is 4.50. The Morgan fingerprint density at radius 1 is 1.30 bits per heavy atom. The summed E-state index contributed by atoms with van der Waals surface area (Å²) in [6.07, 6.45) is 4.90. The maximum absolute atomic E-state index is 11.0. The molecular weight excluding hydrogens is 292 g/mol. The molecule has 1 aliphatic rings. The first kappa shape index (κ1) is 15.3. The van der Waals surface area contributed by atoms with E-state index in [9.17, 15) is 4.79 Å². The number of hydrogen-bond donors (Lipinski definition) is 1. The maximum Gasteiger partial charge on any atom is 0.306 e. The largest absolute Gasteiger partial charge is 0.493 e. The minimum absolute atomic E-state index is 0.203. The van der Waals surface area contributed by atoms with E-state index in [1.54, 1.807) is 18.3 Å². The molecule has 5 heteroatoms. The van der Waals surface area contributed by atoms with Crippen molar-refractivity contribution in [3.8, 4) is 11.8 Å². The van der Waals surface area contributed by atoms with Gasteiger partial charge in [0.15, 0.2) is 0 Å². The molecular formula is C18H18N2O3. The van der Waals surface area contributed by atoms with E-state index in [-0.39, 0.29) is 5.92 Å². The average molecular weight is 310 g/mol. The Morgan fingerprint density at radius 3 is 2.78 bits per heavy atom. The van der Waals surface area contributed by atoms with Gasteiger partial charge in [0.25, 0.3) is 0 Å². The lowest BCUT2D eigenvalue weighted by atomic mass is 9.82. The van der Waals surface area contributed by atoms with Crippen LogP contribution in [0.15, 0.2) is 30.5 Å². The van der Waals surface area contributed by atoms with E-state index < -0.39 is 5.97 Å². The minimum atomic E-state index is -0.687. The molecule has 3 rings (SSSR count). The van der Waals surface area contributed by atoms with Gasteiger partial charge in [0.2, 0.25) is 0 Å². The zero-order valence-electron chi connectivity index (χ0n) is 12.7. The summed E-state index contributed by atoms with van der Waals surface area (Å²) in [6, 6.07) is 9.29. The standard InChI is InChI=1S/C18H18N2O3/c19-10-13-3-6-16-15(9-13)17(7-8-20-16)23-11-12-1-4-14(5-2-12)18(21)22/h3,6-9,12,14H,1-2,4-5,11H2,(H,21,22). The van der Waals surface area contributed by atoms with Crippen LogP contribution in [-0.4, -0.2) is 22.7 Å². The quantitative estimate of drug-likeness (QED) is 0.936. The first-order chi connectivity index (χ1) is 11.2. The number of carbonyl (C=O) groups is 1. The predicted molar refractivity (Wildman–Crippen MR) is 85.0 cm³/mol. The highest BCUT2D eigenvalue weighted by Gasteiger charge is 2.26. The molecule has 1 aromatic heterocycles. The molecule has 5 nitrogen and oxygen atoms in total. The molecule has 23 heavy (non-hydrogen) atoms. The molecule has 2 aromatic rings. The van der Waals surface area contributed by atoms with Crippen molar-refractivity contribution in [1.29, 1.82) is 5.26 Å². The first-order valence-corrected chi connectivity index (χ1v) is 7.82. The summed E-state index contributed by atoms with van der Waals surface area (Å²) < 4.78 is 5.96. The Hall–Kier alpha value is -2.61. The molecule has 1 heterocycles. The van der Waals surface area contributed by atoms with Crippen LogP contribution in [0.4, 0.5) is 0 Å². The monoisotopic (exact) mass is 310 g/mol. The molecule has 0 saturated heterocycles. The summed E-state index contributed by atoms with van der Waals surface area (Å²) in [5.74, 6) is 0.222. The van der Waals surface area contributed by atoms with Crippen LogP contribution in [-0.2, 0) is 4.79 Å². The second-order valence-corrected chi connectivity index (χ2v) is 6.02. The first-order valence-electron chi connectivity index (χ1n) is 7.82. The number of benzene rings is 1. The average Bonchev–Trinajstić information content (AvgIpc) is 2.59. The molecule has 0 spiro atoms. The summed E-state index contributed by atoms with van der Waals surface area (Å²) in [5, 5.41) is 18.9. The molecule has 0 atom stereocenters. The highest BCUT2D eigenvalue weighted by atomic mass is 16.5. The van der Waals surface area contributed by atoms with Gasteiger partial charge < -0.3 is 9.84 Å². The van der Waals surface area contributed by atoms with Crippen molar-refractivity contribution in [2.45, 2.75) is 25.7 Å². The van der Waals surface area contributed by atoms with Gasteiger partial charge in [-0.15, -0.1) is 0 Å². The highest BCUT2D eigenvalue weighted by Crippen LogP contribution is 2.31. The van der Waals surface area contributed by atoms with Crippen LogP contribution in [0.1, 0.15) is 31.2 Å². The zero-order chi connectivity index (χ0) is 16.2. The smallest absolute Gasteiger partial charge is 0.306 e. The third-order valence-electron chi connectivity index (χ3n) is 4.50. The fourth-order valence-electron chi connectivity index (χ4n) is 3.10. The van der Waals surface area contributed by atoms with Gasteiger partial charge in [-0.2, -0.15) is 5.26 Å². The number of carboxylic acid groups (broad SMARTS) is 1. The van der Waals surface area contributed by atoms with Gasteiger partial charge in [-0.05, 0) is 55.9 Å². The molecule has 0 radical (unpaired) electrons. The fourth-order valence-corrected chi connectivity index (χ4v) is 3.10. The Balaban J connectivity index is 1.68. The normalized spacial score (nSPS) is 20.8. The molecule has 118 valence electrons. The van der Waals surface area contributed by atoms with Crippen LogP contribution < -0.4 is 4.74 Å². The van der Waals surface area contributed by atoms with Gasteiger partial charge in [0.1, 0.15) is 5.75 Å². The number of carboxylic acids is 1. The van der Waals surface area contributed by atoms with Crippen LogP contribution in [0.3, 0.4) is 0 Å². The van der Waals surface area contributed by atoms with Crippen molar-refractivity contribution in [1.82, 2.24) is 4.98 Å². The number of fused-ring (bicyclic) bond motifs is 1. The lowest BCUT2D eigenvalue weighted by Crippen LogP contribution is -2.24. The maximum atomic E-state index is 11.0. The number of rotatable bonds is 4. The zero-order valence-corrected chi connectivity index (χ0v) is 12.7. The number of nitrogens with zero attached hydrogens (tertiary/aromatic N) is 2. The van der Waals surface area contributed by atoms with E-state index >= 15 is 0 Å². The van der Waals surface area contributed by atoms with E-state index in [2.05, 4.69) is 11.1 Å². The van der Waals surface area contributed by atoms with Gasteiger partial charge in [-0.25, -0.2) is 0 Å². The molecule has 1 aliphatic carbocycles. The molecule has 0 amide bonds. The third kappa shape index (κ3) is 3.42. The Kier molecular flexibility index (Phi) is 4.42. The van der Waals surface area contributed by atoms with Crippen LogP contribution in [0.5, 0.6) is 5.75 Å². The Morgan fingerprint density at radius 2 is 2.09 bits per heavy atom. The van der Waals surface area contributed by atoms with E-state index in [0.717, 1.165) is 42.3 Å². The Bertz CT molecular complexity index is 758. The lowest BCUT2D eigenvalue weighted by Gasteiger charge is -2.26. The topological polar surface area (TPSA) is 83.2 Å². The van der Waals surface area contributed by atoms with Crippen molar-refractivity contribution < 1.29 is 14.6 Å². The van der Waals surface area contributed by atoms with Crippen LogP contribution in [0, 0.1) is 23.2 Å². The van der Waals surface area contributed by atoms with Crippen molar-refractivity contribution in [2.24, 2.45) is 11.8 Å². The summed E-state index contributed by atoms with van der Waals surface area (Å²) in [4.78, 5) is 15.3. The minimum Gasteiger partial charge on any atom is -0.493 e. The van der Waals surface area contributed by atoms with Gasteiger partial charge in [0, 0.05) is 11.6 Å². The summed E-state index contributed by atoms with van der Waals surface area (Å²) >= 11 is 0. The van der Waals surface area contributed by atoms with E-state index in [1.165, 1.54) is 0 Å². The second kappa shape index (κ2) is 6.66. The highest BCUT2D eigenvalue weighted by molar-refractivity contribution is 5.86. The van der Waals surface area contributed by atoms with Gasteiger partial charge in [-0.1, -0.05) is 0 Å². The van der Waals surface area contributed by atoms with E-state index in [0.29, 0.717) is 18.1 Å². The molecule has 1 saturated carbocycles. The fraction of sp³-hybridized carbons (Fsp3) is 0.389. The Labute approximate surface area is 134 Å². The number of hydrogen-bond acceptors (Lipinski definition) is 4. The summed E-state index contributed by atoms with van der Waals surface area (Å²) in [6.45, 7) is 0.572. The number of aliphatic carboxylic acids is 1. The number of pyridine rings is 1. The van der Waals surface area contributed by atoms with Crippen molar-refractivity contribution in [3.05, 3.63) is 36.0 Å². The second-order valence-electron chi connectivity index (χ2n) is 6.02. The van der Waals surface area contributed by atoms with Gasteiger partial charge in [0.05, 0.1) is 29.7 Å². The van der Waals surface area contributed by atoms with Crippen molar-refractivity contribution in [3.63, 3.8) is 0 Å². The molecule has 0 unspecified atom stereocenters. The van der Waals surface area contributed by atoms with Gasteiger partial charge in [-0.3, -0.25) is 9.78 Å². The van der Waals surface area contributed by atoms with Crippen molar-refractivity contribution >= 4 is 16.9 Å². The lowest BCUT2D eigenvalue weighted by molar-refractivity contribution is -0.143. The van der Waals surface area contributed by atoms with Crippen LogP contribution in [0.2, 0.25) is 0 Å². The summed E-state index contributed by atoms with van der Waals surface area (Å²) in [7, 11) is 0. The number of ether oxygens (including phenoxy) is 1. The molecule has 0 bridgehead atoms. The van der Waals surface area contributed by atoms with E-state index in [1.807, 2.05) is 12.1 Å². The molecule has 1 fully saturated rings. The predicted octanol–water partition coefficient (Wildman–Crippen LogP) is 3.38. The molecule has 1 N–H and O–H groups in total. The van der Waals surface area contributed by atoms with Crippen LogP contribution in [0.25, 0.3) is 10.9 Å². The SMILES string of the molecule is N#Cc1ccc2nccc(OCC3CCC(C(=O)O)CC3)c2c1. The summed E-state index contributed by atoms with van der Waals surface area (Å²) in [5.41, 5.74) is 1.38.